The Hall–Kier alpha value is -1.65. The molecule has 0 bridgehead atoms. The standard InChI is InChI=1S/C18H18ClNO3/c19-13-5-6-15-16(8-13)18(22)20(17(15)21)9-14-7-11-3-1-2-4-12(11)10-23-14/h1-5,14-16H,6-10H2/t14-,15+,16+/m1/s1. The first-order valence-electron chi connectivity index (χ1n) is 8.01. The zero-order valence-corrected chi connectivity index (χ0v) is 13.5. The summed E-state index contributed by atoms with van der Waals surface area (Å²) >= 11 is 6.05. The normalized spacial score (nSPS) is 30.0. The maximum Gasteiger partial charge on any atom is 0.233 e. The highest BCUT2D eigenvalue weighted by molar-refractivity contribution is 6.30. The van der Waals surface area contributed by atoms with E-state index in [4.69, 9.17) is 16.3 Å². The maximum absolute atomic E-state index is 12.6. The van der Waals surface area contributed by atoms with Gasteiger partial charge in [0.1, 0.15) is 0 Å². The molecule has 5 heteroatoms. The number of ether oxygens (including phenoxy) is 1. The largest absolute Gasteiger partial charge is 0.371 e. The van der Waals surface area contributed by atoms with E-state index in [0.717, 1.165) is 6.42 Å². The third-order valence-electron chi connectivity index (χ3n) is 5.09. The lowest BCUT2D eigenvalue weighted by atomic mass is 9.85. The number of fused-ring (bicyclic) bond motifs is 2. The van der Waals surface area contributed by atoms with Gasteiger partial charge in [0.2, 0.25) is 11.8 Å². The molecule has 4 rings (SSSR count). The molecular formula is C18H18ClNO3. The summed E-state index contributed by atoms with van der Waals surface area (Å²) in [5.74, 6) is -0.673. The van der Waals surface area contributed by atoms with Crippen molar-refractivity contribution in [2.45, 2.75) is 32.0 Å². The predicted octanol–water partition coefficient (Wildman–Crippen LogP) is 2.65. The molecule has 2 heterocycles. The van der Waals surface area contributed by atoms with Crippen molar-refractivity contribution in [3.8, 4) is 0 Å². The van der Waals surface area contributed by atoms with Crippen molar-refractivity contribution in [3.05, 3.63) is 46.5 Å². The highest BCUT2D eigenvalue weighted by atomic mass is 35.5. The summed E-state index contributed by atoms with van der Waals surface area (Å²) in [5, 5.41) is 0.692. The molecule has 1 aromatic rings. The Bertz CT molecular complexity index is 699. The summed E-state index contributed by atoms with van der Waals surface area (Å²) < 4.78 is 5.85. The average Bonchev–Trinajstić information content (AvgIpc) is 2.79. The van der Waals surface area contributed by atoms with Crippen LogP contribution in [0.15, 0.2) is 35.4 Å². The van der Waals surface area contributed by atoms with Gasteiger partial charge in [0.05, 0.1) is 31.1 Å². The maximum atomic E-state index is 12.6. The Balaban J connectivity index is 1.48. The molecule has 120 valence electrons. The number of allylic oxidation sites excluding steroid dienone is 2. The first kappa shape index (κ1) is 14.9. The van der Waals surface area contributed by atoms with E-state index in [1.54, 1.807) is 0 Å². The minimum atomic E-state index is -0.282. The molecule has 23 heavy (non-hydrogen) atoms. The molecule has 1 aliphatic carbocycles. The van der Waals surface area contributed by atoms with Crippen LogP contribution in [0.3, 0.4) is 0 Å². The SMILES string of the molecule is O=C1[C@H]2CC=C(Cl)C[C@@H]2C(=O)N1C[C@H]1Cc2ccccc2CO1. The van der Waals surface area contributed by atoms with Crippen LogP contribution in [0, 0.1) is 11.8 Å². The number of rotatable bonds is 2. The van der Waals surface area contributed by atoms with Gasteiger partial charge in [-0.05, 0) is 24.0 Å². The zero-order valence-electron chi connectivity index (χ0n) is 12.7. The fourth-order valence-electron chi connectivity index (χ4n) is 3.81. The molecule has 1 fully saturated rings. The van der Waals surface area contributed by atoms with E-state index in [-0.39, 0.29) is 29.8 Å². The van der Waals surface area contributed by atoms with Gasteiger partial charge in [-0.25, -0.2) is 0 Å². The Labute approximate surface area is 140 Å². The van der Waals surface area contributed by atoms with Crippen molar-refractivity contribution in [3.63, 3.8) is 0 Å². The summed E-state index contributed by atoms with van der Waals surface area (Å²) in [5.41, 5.74) is 2.43. The van der Waals surface area contributed by atoms with E-state index in [9.17, 15) is 9.59 Å². The molecule has 0 aromatic heterocycles. The van der Waals surface area contributed by atoms with E-state index in [1.807, 2.05) is 18.2 Å². The molecule has 0 spiro atoms. The van der Waals surface area contributed by atoms with E-state index in [2.05, 4.69) is 12.1 Å². The van der Waals surface area contributed by atoms with E-state index in [1.165, 1.54) is 16.0 Å². The van der Waals surface area contributed by atoms with Gasteiger partial charge >= 0.3 is 0 Å². The van der Waals surface area contributed by atoms with Crippen LogP contribution in [0.5, 0.6) is 0 Å². The topological polar surface area (TPSA) is 46.6 Å². The summed E-state index contributed by atoms with van der Waals surface area (Å²) in [6.07, 6.45) is 3.54. The molecule has 0 unspecified atom stereocenters. The van der Waals surface area contributed by atoms with Crippen molar-refractivity contribution in [1.29, 1.82) is 0 Å². The molecule has 4 nitrogen and oxygen atoms in total. The first-order chi connectivity index (χ1) is 11.1. The van der Waals surface area contributed by atoms with Gasteiger partial charge in [0, 0.05) is 11.5 Å². The second kappa shape index (κ2) is 5.77. The Morgan fingerprint density at radius 3 is 2.65 bits per heavy atom. The lowest BCUT2D eigenvalue weighted by molar-refractivity contribution is -0.142. The predicted molar refractivity (Wildman–Crippen MR) is 85.6 cm³/mol. The number of hydrogen-bond acceptors (Lipinski definition) is 3. The van der Waals surface area contributed by atoms with Crippen LogP contribution < -0.4 is 0 Å². The van der Waals surface area contributed by atoms with Crippen molar-refractivity contribution in [2.75, 3.05) is 6.54 Å². The molecule has 0 radical (unpaired) electrons. The van der Waals surface area contributed by atoms with Gasteiger partial charge in [-0.2, -0.15) is 0 Å². The minimum Gasteiger partial charge on any atom is -0.371 e. The van der Waals surface area contributed by atoms with E-state index < -0.39 is 0 Å². The zero-order chi connectivity index (χ0) is 16.0. The number of carbonyl (C=O) groups excluding carboxylic acids is 2. The van der Waals surface area contributed by atoms with Gasteiger partial charge < -0.3 is 4.74 Å². The molecular weight excluding hydrogens is 314 g/mol. The van der Waals surface area contributed by atoms with Crippen molar-refractivity contribution in [2.24, 2.45) is 11.8 Å². The van der Waals surface area contributed by atoms with Crippen LogP contribution in [0.25, 0.3) is 0 Å². The van der Waals surface area contributed by atoms with Crippen molar-refractivity contribution >= 4 is 23.4 Å². The van der Waals surface area contributed by atoms with Gasteiger partial charge in [0.25, 0.3) is 0 Å². The number of benzene rings is 1. The van der Waals surface area contributed by atoms with Crippen LogP contribution in [-0.2, 0) is 27.4 Å². The monoisotopic (exact) mass is 331 g/mol. The highest BCUT2D eigenvalue weighted by Crippen LogP contribution is 2.39. The molecule has 2 amide bonds. The number of hydrogen-bond donors (Lipinski definition) is 0. The number of halogens is 1. The fourth-order valence-corrected chi connectivity index (χ4v) is 4.06. The van der Waals surface area contributed by atoms with Gasteiger partial charge in [-0.3, -0.25) is 14.5 Å². The van der Waals surface area contributed by atoms with E-state index >= 15 is 0 Å². The Morgan fingerprint density at radius 2 is 1.83 bits per heavy atom. The Morgan fingerprint density at radius 1 is 1.09 bits per heavy atom. The van der Waals surface area contributed by atoms with Crippen LogP contribution in [-0.4, -0.2) is 29.4 Å². The average molecular weight is 332 g/mol. The molecule has 0 N–H and O–H groups in total. The number of amides is 2. The molecule has 0 saturated carbocycles. The first-order valence-corrected chi connectivity index (χ1v) is 8.39. The molecule has 3 atom stereocenters. The third kappa shape index (κ3) is 2.60. The second-order valence-corrected chi connectivity index (χ2v) is 6.98. The molecule has 1 saturated heterocycles. The van der Waals surface area contributed by atoms with Gasteiger partial charge in [-0.15, -0.1) is 0 Å². The van der Waals surface area contributed by atoms with Crippen LogP contribution in [0.4, 0.5) is 0 Å². The summed E-state index contributed by atoms with van der Waals surface area (Å²) in [6, 6.07) is 8.15. The lowest BCUT2D eigenvalue weighted by Crippen LogP contribution is -2.41. The van der Waals surface area contributed by atoms with Gasteiger partial charge in [-0.1, -0.05) is 41.9 Å². The Kier molecular flexibility index (Phi) is 3.74. The third-order valence-corrected chi connectivity index (χ3v) is 5.40. The summed E-state index contributed by atoms with van der Waals surface area (Å²) in [7, 11) is 0. The number of carbonyl (C=O) groups is 2. The summed E-state index contributed by atoms with van der Waals surface area (Å²) in [6.45, 7) is 0.883. The number of likely N-dealkylation sites (tertiary alicyclic amines) is 1. The number of nitrogens with zero attached hydrogens (tertiary/aromatic N) is 1. The molecule has 2 aliphatic heterocycles. The minimum absolute atomic E-state index is 0.0668. The fraction of sp³-hybridized carbons (Fsp3) is 0.444. The van der Waals surface area contributed by atoms with Crippen LogP contribution >= 0.6 is 11.6 Å². The van der Waals surface area contributed by atoms with Crippen LogP contribution in [0.1, 0.15) is 24.0 Å². The highest BCUT2D eigenvalue weighted by Gasteiger charge is 2.48. The van der Waals surface area contributed by atoms with Crippen molar-refractivity contribution < 1.29 is 14.3 Å². The molecule has 1 aromatic carbocycles. The van der Waals surface area contributed by atoms with Gasteiger partial charge in [0.15, 0.2) is 0 Å². The van der Waals surface area contributed by atoms with Crippen molar-refractivity contribution in [1.82, 2.24) is 4.90 Å². The lowest BCUT2D eigenvalue weighted by Gasteiger charge is -2.28. The molecule has 3 aliphatic rings. The summed E-state index contributed by atoms with van der Waals surface area (Å²) in [4.78, 5) is 26.5. The second-order valence-electron chi connectivity index (χ2n) is 6.50. The smallest absolute Gasteiger partial charge is 0.233 e. The van der Waals surface area contributed by atoms with Crippen LogP contribution in [0.2, 0.25) is 0 Å². The quantitative estimate of drug-likeness (QED) is 0.783. The van der Waals surface area contributed by atoms with E-state index in [0.29, 0.717) is 31.0 Å². The number of imide groups is 1.